The number of carbonyl (C=O) groups excluding carboxylic acids is 1. The SMILES string of the molecule is CCc1oc2ccccc2c1C(=O)c1ccc(-c2c(C(=O)O)ccc[n+]2[O-])cc1. The van der Waals surface area contributed by atoms with Crippen molar-refractivity contribution in [2.45, 2.75) is 13.3 Å². The Hall–Kier alpha value is -3.93. The molecule has 0 saturated heterocycles. The van der Waals surface area contributed by atoms with Crippen LogP contribution in [0.25, 0.3) is 22.2 Å². The van der Waals surface area contributed by atoms with Gasteiger partial charge in [-0.25, -0.2) is 4.79 Å². The van der Waals surface area contributed by atoms with E-state index in [-0.39, 0.29) is 17.0 Å². The average molecular weight is 387 g/mol. The van der Waals surface area contributed by atoms with Gasteiger partial charge in [0.1, 0.15) is 16.9 Å². The van der Waals surface area contributed by atoms with E-state index >= 15 is 0 Å². The van der Waals surface area contributed by atoms with Crippen LogP contribution in [0.4, 0.5) is 0 Å². The Bertz CT molecular complexity index is 1240. The lowest BCUT2D eigenvalue weighted by atomic mass is 9.97. The Balaban J connectivity index is 1.77. The normalized spacial score (nSPS) is 10.9. The second-order valence-corrected chi connectivity index (χ2v) is 6.56. The summed E-state index contributed by atoms with van der Waals surface area (Å²) < 4.78 is 6.32. The van der Waals surface area contributed by atoms with Crippen molar-refractivity contribution in [3.8, 4) is 11.3 Å². The number of ketones is 1. The summed E-state index contributed by atoms with van der Waals surface area (Å²) in [5, 5.41) is 22.3. The Morgan fingerprint density at radius 3 is 2.45 bits per heavy atom. The number of para-hydroxylation sites is 1. The highest BCUT2D eigenvalue weighted by atomic mass is 16.5. The Labute approximate surface area is 166 Å². The zero-order chi connectivity index (χ0) is 20.5. The van der Waals surface area contributed by atoms with Gasteiger partial charge in [0, 0.05) is 29.0 Å². The summed E-state index contributed by atoms with van der Waals surface area (Å²) in [6.45, 7) is 1.92. The standard InChI is InChI=1S/C23H17NO5/c1-2-18-20(16-6-3-4-8-19(16)29-18)22(25)15-11-9-14(10-12-15)21-17(23(26)27)7-5-13-24(21)28/h3-13H,2H2,1H3,(H,26,27). The molecule has 0 saturated carbocycles. The van der Waals surface area contributed by atoms with Gasteiger partial charge in [-0.05, 0) is 24.3 Å². The molecule has 0 aliphatic heterocycles. The van der Waals surface area contributed by atoms with Gasteiger partial charge in [-0.15, -0.1) is 0 Å². The first kappa shape index (κ1) is 18.4. The second kappa shape index (κ2) is 7.24. The summed E-state index contributed by atoms with van der Waals surface area (Å²) in [7, 11) is 0. The lowest BCUT2D eigenvalue weighted by molar-refractivity contribution is -0.593. The smallest absolute Gasteiger partial charge is 0.342 e. The molecular formula is C23H17NO5. The Kier molecular flexibility index (Phi) is 4.60. The van der Waals surface area contributed by atoms with E-state index in [2.05, 4.69) is 0 Å². The van der Waals surface area contributed by atoms with Crippen molar-refractivity contribution in [1.29, 1.82) is 0 Å². The van der Waals surface area contributed by atoms with Crippen LogP contribution < -0.4 is 4.73 Å². The van der Waals surface area contributed by atoms with Crippen molar-refractivity contribution in [1.82, 2.24) is 0 Å². The molecule has 4 aromatic rings. The topological polar surface area (TPSA) is 94.5 Å². The lowest BCUT2D eigenvalue weighted by Gasteiger charge is -2.08. The highest BCUT2D eigenvalue weighted by Gasteiger charge is 2.23. The van der Waals surface area contributed by atoms with Gasteiger partial charge in [0.25, 0.3) is 0 Å². The highest BCUT2D eigenvalue weighted by molar-refractivity contribution is 6.17. The zero-order valence-corrected chi connectivity index (χ0v) is 15.6. The number of benzene rings is 2. The fraction of sp³-hybridized carbons (Fsp3) is 0.0870. The third-order valence-electron chi connectivity index (χ3n) is 4.83. The molecule has 2 aromatic carbocycles. The van der Waals surface area contributed by atoms with Crippen molar-refractivity contribution in [3.05, 3.63) is 94.5 Å². The van der Waals surface area contributed by atoms with Gasteiger partial charge in [-0.2, -0.15) is 4.73 Å². The number of nitrogens with zero attached hydrogens (tertiary/aromatic N) is 1. The van der Waals surface area contributed by atoms with Crippen LogP contribution in [0.3, 0.4) is 0 Å². The number of hydrogen-bond donors (Lipinski definition) is 1. The fourth-order valence-corrected chi connectivity index (χ4v) is 3.46. The molecular weight excluding hydrogens is 370 g/mol. The molecule has 0 fully saturated rings. The van der Waals surface area contributed by atoms with Gasteiger partial charge >= 0.3 is 5.97 Å². The van der Waals surface area contributed by atoms with E-state index in [9.17, 15) is 19.9 Å². The lowest BCUT2D eigenvalue weighted by Crippen LogP contribution is -2.30. The van der Waals surface area contributed by atoms with E-state index in [1.54, 1.807) is 24.3 Å². The number of carbonyl (C=O) groups is 2. The molecule has 0 unspecified atom stereocenters. The van der Waals surface area contributed by atoms with Gasteiger partial charge in [0.05, 0.1) is 5.56 Å². The van der Waals surface area contributed by atoms with Crippen LogP contribution in [-0.2, 0) is 6.42 Å². The van der Waals surface area contributed by atoms with Gasteiger partial charge in [-0.1, -0.05) is 37.3 Å². The van der Waals surface area contributed by atoms with Gasteiger partial charge in [-0.3, -0.25) is 4.79 Å². The van der Waals surface area contributed by atoms with Crippen LogP contribution in [0.15, 0.2) is 71.3 Å². The molecule has 6 nitrogen and oxygen atoms in total. The summed E-state index contributed by atoms with van der Waals surface area (Å²) in [5.41, 5.74) is 1.97. The van der Waals surface area contributed by atoms with Crippen LogP contribution in [0, 0.1) is 5.21 Å². The number of carboxylic acids is 1. The molecule has 29 heavy (non-hydrogen) atoms. The second-order valence-electron chi connectivity index (χ2n) is 6.56. The number of aromatic carboxylic acids is 1. The van der Waals surface area contributed by atoms with Crippen LogP contribution in [0.5, 0.6) is 0 Å². The average Bonchev–Trinajstić information content (AvgIpc) is 3.12. The number of aromatic nitrogens is 1. The molecule has 2 heterocycles. The maximum atomic E-state index is 13.2. The Morgan fingerprint density at radius 1 is 1.03 bits per heavy atom. The maximum absolute atomic E-state index is 13.2. The summed E-state index contributed by atoms with van der Waals surface area (Å²) in [6, 6.07) is 16.5. The molecule has 0 atom stereocenters. The molecule has 1 N–H and O–H groups in total. The van der Waals surface area contributed by atoms with Crippen LogP contribution in [0.2, 0.25) is 0 Å². The van der Waals surface area contributed by atoms with E-state index in [4.69, 9.17) is 4.42 Å². The van der Waals surface area contributed by atoms with Crippen molar-refractivity contribution < 1.29 is 23.8 Å². The molecule has 0 radical (unpaired) electrons. The van der Waals surface area contributed by atoms with E-state index < -0.39 is 5.97 Å². The number of furan rings is 1. The van der Waals surface area contributed by atoms with E-state index in [1.165, 1.54) is 18.3 Å². The van der Waals surface area contributed by atoms with Crippen LogP contribution in [0.1, 0.15) is 39.0 Å². The minimum atomic E-state index is -1.19. The third-order valence-corrected chi connectivity index (χ3v) is 4.83. The van der Waals surface area contributed by atoms with Gasteiger partial charge in [0.15, 0.2) is 12.0 Å². The van der Waals surface area contributed by atoms with Crippen LogP contribution >= 0.6 is 0 Å². The first-order valence-corrected chi connectivity index (χ1v) is 9.12. The summed E-state index contributed by atoms with van der Waals surface area (Å²) >= 11 is 0. The predicted octanol–water partition coefficient (Wildman–Crippen LogP) is 4.22. The minimum Gasteiger partial charge on any atom is -0.618 e. The number of hydrogen-bond acceptors (Lipinski definition) is 4. The predicted molar refractivity (Wildman–Crippen MR) is 107 cm³/mol. The van der Waals surface area contributed by atoms with Crippen LogP contribution in [-0.4, -0.2) is 16.9 Å². The summed E-state index contributed by atoms with van der Waals surface area (Å²) in [6.07, 6.45) is 1.82. The van der Waals surface area contributed by atoms with Gasteiger partial charge < -0.3 is 14.7 Å². The minimum absolute atomic E-state index is 0.0296. The third kappa shape index (κ3) is 3.14. The fourth-order valence-electron chi connectivity index (χ4n) is 3.46. The number of rotatable bonds is 5. The number of pyridine rings is 1. The first-order valence-electron chi connectivity index (χ1n) is 9.12. The number of carboxylic acid groups (broad SMARTS) is 1. The monoisotopic (exact) mass is 387 g/mol. The van der Waals surface area contributed by atoms with E-state index in [0.717, 1.165) is 5.39 Å². The van der Waals surface area contributed by atoms with Crippen molar-refractivity contribution in [2.24, 2.45) is 0 Å². The Morgan fingerprint density at radius 2 is 1.76 bits per heavy atom. The quantitative estimate of drug-likeness (QED) is 0.314. The number of fused-ring (bicyclic) bond motifs is 1. The van der Waals surface area contributed by atoms with Gasteiger partial charge in [0.2, 0.25) is 5.69 Å². The number of aryl methyl sites for hydroxylation is 1. The molecule has 0 bridgehead atoms. The van der Waals surface area contributed by atoms with Crippen molar-refractivity contribution in [3.63, 3.8) is 0 Å². The highest BCUT2D eigenvalue weighted by Crippen LogP contribution is 2.29. The molecule has 6 heteroatoms. The molecule has 0 aliphatic carbocycles. The zero-order valence-electron chi connectivity index (χ0n) is 15.6. The molecule has 0 spiro atoms. The van der Waals surface area contributed by atoms with Crippen molar-refractivity contribution >= 4 is 22.7 Å². The molecule has 0 amide bonds. The summed E-state index contributed by atoms with van der Waals surface area (Å²) in [5.74, 6) is -0.753. The maximum Gasteiger partial charge on any atom is 0.342 e. The van der Waals surface area contributed by atoms with Crippen molar-refractivity contribution in [2.75, 3.05) is 0 Å². The molecule has 2 aromatic heterocycles. The summed E-state index contributed by atoms with van der Waals surface area (Å²) in [4.78, 5) is 24.6. The molecule has 4 rings (SSSR count). The van der Waals surface area contributed by atoms with E-state index in [1.807, 2.05) is 31.2 Å². The molecule has 144 valence electrons. The molecule has 0 aliphatic rings. The largest absolute Gasteiger partial charge is 0.618 e. The van der Waals surface area contributed by atoms with E-state index in [0.29, 0.717) is 39.2 Å². The first-order chi connectivity index (χ1) is 14.0.